The number of rotatable bonds is 4. The van der Waals surface area contributed by atoms with Gasteiger partial charge in [-0.05, 0) is 55.5 Å². The van der Waals surface area contributed by atoms with Crippen LogP contribution in [0.5, 0.6) is 5.75 Å². The Morgan fingerprint density at radius 2 is 2.04 bits per heavy atom. The highest BCUT2D eigenvalue weighted by atomic mass is 16.5. The van der Waals surface area contributed by atoms with Crippen LogP contribution in [0.4, 0.5) is 0 Å². The number of nitrogens with zero attached hydrogens (tertiary/aromatic N) is 2. The van der Waals surface area contributed by atoms with Gasteiger partial charge in [-0.15, -0.1) is 0 Å². The van der Waals surface area contributed by atoms with Gasteiger partial charge in [-0.1, -0.05) is 19.4 Å². The molecule has 0 heterocycles. The Labute approximate surface area is 136 Å². The van der Waals surface area contributed by atoms with E-state index in [9.17, 15) is 4.79 Å². The minimum atomic E-state index is -0.309. The molecule has 0 radical (unpaired) electrons. The second-order valence-corrected chi connectivity index (χ2v) is 6.57. The smallest absolute Gasteiger partial charge is 0.277 e. The van der Waals surface area contributed by atoms with Crippen molar-refractivity contribution >= 4 is 11.6 Å². The van der Waals surface area contributed by atoms with E-state index in [1.807, 2.05) is 12.1 Å². The summed E-state index contributed by atoms with van der Waals surface area (Å²) in [7, 11) is 0. The zero-order chi connectivity index (χ0) is 16.9. The summed E-state index contributed by atoms with van der Waals surface area (Å²) < 4.78 is 5.36. The number of benzene rings is 1. The summed E-state index contributed by atoms with van der Waals surface area (Å²) in [5, 5.41) is 12.9. The molecule has 0 atom stereocenters. The molecule has 5 heteroatoms. The normalized spacial score (nSPS) is 18.0. The van der Waals surface area contributed by atoms with Crippen LogP contribution in [-0.2, 0) is 4.79 Å². The third-order valence-electron chi connectivity index (χ3n) is 3.51. The average molecular weight is 311 g/mol. The van der Waals surface area contributed by atoms with E-state index >= 15 is 0 Å². The van der Waals surface area contributed by atoms with Gasteiger partial charge in [0.2, 0.25) is 0 Å². The molecule has 120 valence electrons. The Bertz CT molecular complexity index is 679. The third-order valence-corrected chi connectivity index (χ3v) is 3.51. The number of carbonyl (C=O) groups is 1. The van der Waals surface area contributed by atoms with Gasteiger partial charge < -0.3 is 4.74 Å². The van der Waals surface area contributed by atoms with Crippen LogP contribution in [-0.4, -0.2) is 18.2 Å². The molecular weight excluding hydrogens is 290 g/mol. The molecule has 23 heavy (non-hydrogen) atoms. The fraction of sp³-hybridized carbons (Fsp3) is 0.389. The lowest BCUT2D eigenvalue weighted by Gasteiger charge is -2.29. The zero-order valence-electron chi connectivity index (χ0n) is 13.7. The molecule has 0 fully saturated rings. The third kappa shape index (κ3) is 5.26. The summed E-state index contributed by atoms with van der Waals surface area (Å²) in [6.45, 7) is 6.34. The highest BCUT2D eigenvalue weighted by molar-refractivity contribution is 5.97. The summed E-state index contributed by atoms with van der Waals surface area (Å²) in [6.07, 6.45) is 3.90. The SMILES string of the molecule is CC1=C/C(=N\NC(=O)COc2ccc(C#N)cc2)CC(C)(C)C1. The molecule has 0 spiro atoms. The molecule has 0 aliphatic heterocycles. The van der Waals surface area contributed by atoms with Crippen molar-refractivity contribution in [3.8, 4) is 11.8 Å². The second kappa shape index (κ2) is 7.10. The van der Waals surface area contributed by atoms with E-state index in [-0.39, 0.29) is 17.9 Å². The van der Waals surface area contributed by atoms with Gasteiger partial charge in [0, 0.05) is 0 Å². The van der Waals surface area contributed by atoms with Crippen molar-refractivity contribution < 1.29 is 9.53 Å². The van der Waals surface area contributed by atoms with Gasteiger partial charge in [-0.3, -0.25) is 4.79 Å². The molecule has 0 unspecified atom stereocenters. The van der Waals surface area contributed by atoms with Gasteiger partial charge in [0.05, 0.1) is 17.3 Å². The predicted octanol–water partition coefficient (Wildman–Crippen LogP) is 3.18. The molecular formula is C18H21N3O2. The van der Waals surface area contributed by atoms with Gasteiger partial charge in [0.1, 0.15) is 5.75 Å². The molecule has 0 bridgehead atoms. The summed E-state index contributed by atoms with van der Waals surface area (Å²) >= 11 is 0. The number of hydrazone groups is 1. The molecule has 1 amide bonds. The van der Waals surface area contributed by atoms with Crippen molar-refractivity contribution in [2.45, 2.75) is 33.6 Å². The molecule has 1 aliphatic carbocycles. The van der Waals surface area contributed by atoms with Crippen LogP contribution in [0.25, 0.3) is 0 Å². The molecule has 5 nitrogen and oxygen atoms in total. The van der Waals surface area contributed by atoms with E-state index < -0.39 is 0 Å². The number of amides is 1. The lowest BCUT2D eigenvalue weighted by Crippen LogP contribution is -2.28. The fourth-order valence-corrected chi connectivity index (χ4v) is 2.71. The number of ether oxygens (including phenoxy) is 1. The maximum Gasteiger partial charge on any atom is 0.277 e. The first-order valence-corrected chi connectivity index (χ1v) is 7.53. The van der Waals surface area contributed by atoms with Gasteiger partial charge in [-0.2, -0.15) is 10.4 Å². The van der Waals surface area contributed by atoms with Crippen molar-refractivity contribution in [2.75, 3.05) is 6.61 Å². The first-order valence-electron chi connectivity index (χ1n) is 7.53. The van der Waals surface area contributed by atoms with E-state index in [0.717, 1.165) is 18.6 Å². The lowest BCUT2D eigenvalue weighted by molar-refractivity contribution is -0.123. The van der Waals surface area contributed by atoms with Crippen molar-refractivity contribution in [2.24, 2.45) is 10.5 Å². The lowest BCUT2D eigenvalue weighted by atomic mass is 9.77. The van der Waals surface area contributed by atoms with Gasteiger partial charge in [0.25, 0.3) is 5.91 Å². The van der Waals surface area contributed by atoms with Crippen molar-refractivity contribution in [3.05, 3.63) is 41.5 Å². The van der Waals surface area contributed by atoms with Crippen LogP contribution in [0, 0.1) is 16.7 Å². The molecule has 0 saturated heterocycles. The highest BCUT2D eigenvalue weighted by Crippen LogP contribution is 2.33. The van der Waals surface area contributed by atoms with E-state index in [0.29, 0.717) is 11.3 Å². The van der Waals surface area contributed by atoms with Crippen LogP contribution in [0.3, 0.4) is 0 Å². The molecule has 1 aromatic carbocycles. The first-order chi connectivity index (χ1) is 10.9. The maximum atomic E-state index is 11.8. The standard InChI is InChI=1S/C18H21N3O2/c1-13-8-15(10-18(2,3)9-13)20-21-17(22)12-23-16-6-4-14(11-19)5-7-16/h4-8H,9-10,12H2,1-3H3,(H,21,22)/b20-15+. The molecule has 1 N–H and O–H groups in total. The Hall–Kier alpha value is -2.61. The quantitative estimate of drug-likeness (QED) is 0.868. The number of carbonyl (C=O) groups excluding carboxylic acids is 1. The van der Waals surface area contributed by atoms with Crippen LogP contribution in [0.2, 0.25) is 0 Å². The minimum Gasteiger partial charge on any atom is -0.484 e. The van der Waals surface area contributed by atoms with Gasteiger partial charge in [-0.25, -0.2) is 5.43 Å². The summed E-state index contributed by atoms with van der Waals surface area (Å²) in [5.74, 6) is 0.234. The average Bonchev–Trinajstić information content (AvgIpc) is 2.49. The number of nitrogens with one attached hydrogen (secondary N) is 1. The van der Waals surface area contributed by atoms with Crippen molar-refractivity contribution in [1.29, 1.82) is 5.26 Å². The number of allylic oxidation sites excluding steroid dienone is 2. The molecule has 1 aromatic rings. The Kier molecular flexibility index (Phi) is 5.17. The second-order valence-electron chi connectivity index (χ2n) is 6.57. The Morgan fingerprint density at radius 1 is 1.35 bits per heavy atom. The summed E-state index contributed by atoms with van der Waals surface area (Å²) in [5.41, 5.74) is 5.40. The highest BCUT2D eigenvalue weighted by Gasteiger charge is 2.24. The maximum absolute atomic E-state index is 11.8. The Balaban J connectivity index is 1.86. The molecule has 0 aromatic heterocycles. The largest absolute Gasteiger partial charge is 0.484 e. The first kappa shape index (κ1) is 16.8. The van der Waals surface area contributed by atoms with Gasteiger partial charge in [0.15, 0.2) is 6.61 Å². The number of hydrogen-bond acceptors (Lipinski definition) is 4. The molecule has 1 aliphatic rings. The predicted molar refractivity (Wildman–Crippen MR) is 89.0 cm³/mol. The van der Waals surface area contributed by atoms with Crippen LogP contribution < -0.4 is 10.2 Å². The number of hydrogen-bond donors (Lipinski definition) is 1. The van der Waals surface area contributed by atoms with Crippen molar-refractivity contribution in [1.82, 2.24) is 5.43 Å². The van der Waals surface area contributed by atoms with Crippen LogP contribution in [0.15, 0.2) is 41.0 Å². The van der Waals surface area contributed by atoms with E-state index in [2.05, 4.69) is 31.3 Å². The van der Waals surface area contributed by atoms with Crippen LogP contribution in [0.1, 0.15) is 39.2 Å². The van der Waals surface area contributed by atoms with Gasteiger partial charge >= 0.3 is 0 Å². The van der Waals surface area contributed by atoms with E-state index in [4.69, 9.17) is 10.00 Å². The minimum absolute atomic E-state index is 0.116. The summed E-state index contributed by atoms with van der Waals surface area (Å²) in [4.78, 5) is 11.8. The van der Waals surface area contributed by atoms with E-state index in [1.165, 1.54) is 5.57 Å². The van der Waals surface area contributed by atoms with Crippen LogP contribution >= 0.6 is 0 Å². The summed E-state index contributed by atoms with van der Waals surface area (Å²) in [6, 6.07) is 8.64. The molecule has 0 saturated carbocycles. The zero-order valence-corrected chi connectivity index (χ0v) is 13.7. The molecule has 2 rings (SSSR count). The number of nitriles is 1. The monoisotopic (exact) mass is 311 g/mol. The topological polar surface area (TPSA) is 74.5 Å². The van der Waals surface area contributed by atoms with E-state index in [1.54, 1.807) is 24.3 Å². The van der Waals surface area contributed by atoms with Crippen molar-refractivity contribution in [3.63, 3.8) is 0 Å². The fourth-order valence-electron chi connectivity index (χ4n) is 2.71. The Morgan fingerprint density at radius 3 is 2.65 bits per heavy atom.